The third-order valence-corrected chi connectivity index (χ3v) is 4.04. The van der Waals surface area contributed by atoms with E-state index >= 15 is 0 Å². The average molecular weight is 344 g/mol. The SMILES string of the molecule is CC[C@@H]1COC(c2ccc(-c3cc(O)cc(O[C@@H](C)COC)c3)[nH]2)=N1. The molecular formula is C19H24N2O4. The van der Waals surface area contributed by atoms with Crippen LogP contribution in [0.2, 0.25) is 0 Å². The predicted molar refractivity (Wildman–Crippen MR) is 96.4 cm³/mol. The van der Waals surface area contributed by atoms with Crippen molar-refractivity contribution in [2.75, 3.05) is 20.3 Å². The van der Waals surface area contributed by atoms with Crippen LogP contribution in [0, 0.1) is 0 Å². The van der Waals surface area contributed by atoms with Crippen LogP contribution in [0.4, 0.5) is 0 Å². The van der Waals surface area contributed by atoms with Gasteiger partial charge in [0.25, 0.3) is 0 Å². The second-order valence-corrected chi connectivity index (χ2v) is 6.19. The number of aromatic amines is 1. The molecule has 0 aliphatic carbocycles. The largest absolute Gasteiger partial charge is 0.508 e. The number of rotatable bonds is 7. The van der Waals surface area contributed by atoms with Crippen molar-refractivity contribution in [3.63, 3.8) is 0 Å². The number of nitrogens with one attached hydrogen (secondary N) is 1. The number of hydrogen-bond acceptors (Lipinski definition) is 5. The molecule has 25 heavy (non-hydrogen) atoms. The highest BCUT2D eigenvalue weighted by Crippen LogP contribution is 2.30. The fraction of sp³-hybridized carbons (Fsp3) is 0.421. The van der Waals surface area contributed by atoms with Crippen LogP contribution in [0.1, 0.15) is 26.0 Å². The monoisotopic (exact) mass is 344 g/mol. The molecule has 0 spiro atoms. The smallest absolute Gasteiger partial charge is 0.233 e. The van der Waals surface area contributed by atoms with Gasteiger partial charge < -0.3 is 24.3 Å². The first-order chi connectivity index (χ1) is 12.1. The molecule has 3 rings (SSSR count). The van der Waals surface area contributed by atoms with E-state index in [1.54, 1.807) is 19.2 Å². The van der Waals surface area contributed by atoms with Gasteiger partial charge in [-0.15, -0.1) is 0 Å². The average Bonchev–Trinajstić information content (AvgIpc) is 3.23. The molecule has 0 radical (unpaired) electrons. The summed E-state index contributed by atoms with van der Waals surface area (Å²) in [6.45, 7) is 5.12. The Kier molecular flexibility index (Phi) is 5.28. The number of phenolic OH excluding ortho intramolecular Hbond substituents is 1. The third kappa shape index (κ3) is 4.14. The maximum absolute atomic E-state index is 10.0. The molecule has 6 heteroatoms. The van der Waals surface area contributed by atoms with Crippen LogP contribution in [0.5, 0.6) is 11.5 Å². The van der Waals surface area contributed by atoms with Crippen LogP contribution in [-0.4, -0.2) is 48.5 Å². The molecule has 1 aliphatic rings. The van der Waals surface area contributed by atoms with E-state index in [9.17, 15) is 5.11 Å². The predicted octanol–water partition coefficient (Wildman–Crippen LogP) is 3.36. The molecule has 2 N–H and O–H groups in total. The lowest BCUT2D eigenvalue weighted by molar-refractivity contribution is 0.0919. The molecule has 0 fully saturated rings. The van der Waals surface area contributed by atoms with Gasteiger partial charge in [0.1, 0.15) is 29.9 Å². The van der Waals surface area contributed by atoms with Gasteiger partial charge in [0, 0.05) is 24.4 Å². The first-order valence-corrected chi connectivity index (χ1v) is 8.49. The van der Waals surface area contributed by atoms with E-state index in [0.717, 1.165) is 23.4 Å². The molecule has 2 heterocycles. The van der Waals surface area contributed by atoms with E-state index in [-0.39, 0.29) is 17.9 Å². The summed E-state index contributed by atoms with van der Waals surface area (Å²) < 4.78 is 16.5. The number of phenols is 1. The van der Waals surface area contributed by atoms with Crippen molar-refractivity contribution < 1.29 is 19.3 Å². The lowest BCUT2D eigenvalue weighted by atomic mass is 10.1. The molecule has 0 saturated carbocycles. The fourth-order valence-electron chi connectivity index (χ4n) is 2.77. The van der Waals surface area contributed by atoms with E-state index in [1.165, 1.54) is 0 Å². The minimum absolute atomic E-state index is 0.105. The van der Waals surface area contributed by atoms with E-state index in [1.807, 2.05) is 25.1 Å². The van der Waals surface area contributed by atoms with Gasteiger partial charge in [0.15, 0.2) is 0 Å². The molecule has 0 bridgehead atoms. The first-order valence-electron chi connectivity index (χ1n) is 8.49. The third-order valence-electron chi connectivity index (χ3n) is 4.04. The number of aromatic hydroxyl groups is 1. The fourth-order valence-corrected chi connectivity index (χ4v) is 2.77. The van der Waals surface area contributed by atoms with Gasteiger partial charge in [0.2, 0.25) is 5.90 Å². The molecular weight excluding hydrogens is 320 g/mol. The van der Waals surface area contributed by atoms with Gasteiger partial charge in [-0.2, -0.15) is 0 Å². The summed E-state index contributed by atoms with van der Waals surface area (Å²) in [6, 6.07) is 9.27. The Morgan fingerprint density at radius 1 is 1.32 bits per heavy atom. The number of benzene rings is 1. The quantitative estimate of drug-likeness (QED) is 0.807. The highest BCUT2D eigenvalue weighted by atomic mass is 16.5. The zero-order valence-electron chi connectivity index (χ0n) is 14.8. The Labute approximate surface area is 147 Å². The molecule has 1 aliphatic heterocycles. The van der Waals surface area contributed by atoms with Crippen LogP contribution >= 0.6 is 0 Å². The summed E-state index contributed by atoms with van der Waals surface area (Å²) in [5, 5.41) is 10.0. The molecule has 2 atom stereocenters. The second kappa shape index (κ2) is 7.61. The first kappa shape index (κ1) is 17.4. The number of aliphatic imine (C=N–C) groups is 1. The standard InChI is InChI=1S/C19H24N2O4/c1-4-14-11-24-19(20-14)18-6-5-17(21-18)13-7-15(22)9-16(8-13)25-12(2)10-23-3/h5-9,12,14,21-22H,4,10-11H2,1-3H3/t12-,14+/m0/s1. The Morgan fingerprint density at radius 3 is 2.84 bits per heavy atom. The van der Waals surface area contributed by atoms with E-state index in [2.05, 4.69) is 16.9 Å². The zero-order valence-corrected chi connectivity index (χ0v) is 14.8. The van der Waals surface area contributed by atoms with Crippen molar-refractivity contribution in [3.8, 4) is 22.8 Å². The molecule has 1 aromatic heterocycles. The van der Waals surface area contributed by atoms with Crippen molar-refractivity contribution in [2.24, 2.45) is 4.99 Å². The number of ether oxygens (including phenoxy) is 3. The topological polar surface area (TPSA) is 76.1 Å². The number of nitrogens with zero attached hydrogens (tertiary/aromatic N) is 1. The maximum atomic E-state index is 10.0. The number of hydrogen-bond donors (Lipinski definition) is 2. The van der Waals surface area contributed by atoms with Crippen LogP contribution in [0.3, 0.4) is 0 Å². The molecule has 0 amide bonds. The number of aromatic nitrogens is 1. The Morgan fingerprint density at radius 2 is 2.12 bits per heavy atom. The van der Waals surface area contributed by atoms with Gasteiger partial charge in [-0.1, -0.05) is 6.92 Å². The Bertz CT molecular complexity index is 754. The normalized spacial score (nSPS) is 17.9. The minimum Gasteiger partial charge on any atom is -0.508 e. The summed E-state index contributed by atoms with van der Waals surface area (Å²) in [6.07, 6.45) is 0.857. The zero-order chi connectivity index (χ0) is 17.8. The van der Waals surface area contributed by atoms with Crippen LogP contribution < -0.4 is 4.74 Å². The van der Waals surface area contributed by atoms with E-state index in [4.69, 9.17) is 14.2 Å². The summed E-state index contributed by atoms with van der Waals surface area (Å²) >= 11 is 0. The molecule has 0 unspecified atom stereocenters. The van der Waals surface area contributed by atoms with Gasteiger partial charge in [-0.05, 0) is 37.6 Å². The molecule has 1 aromatic carbocycles. The summed E-state index contributed by atoms with van der Waals surface area (Å²) in [7, 11) is 1.63. The Balaban J connectivity index is 1.81. The summed E-state index contributed by atoms with van der Waals surface area (Å²) in [5.41, 5.74) is 2.53. The van der Waals surface area contributed by atoms with Crippen LogP contribution in [0.15, 0.2) is 35.3 Å². The maximum Gasteiger partial charge on any atom is 0.233 e. The second-order valence-electron chi connectivity index (χ2n) is 6.19. The molecule has 6 nitrogen and oxygen atoms in total. The highest BCUT2D eigenvalue weighted by molar-refractivity contribution is 5.94. The lowest BCUT2D eigenvalue weighted by Crippen LogP contribution is -2.17. The van der Waals surface area contributed by atoms with Crippen LogP contribution in [-0.2, 0) is 9.47 Å². The van der Waals surface area contributed by atoms with Gasteiger partial charge >= 0.3 is 0 Å². The van der Waals surface area contributed by atoms with Gasteiger partial charge in [-0.25, -0.2) is 4.99 Å². The van der Waals surface area contributed by atoms with Crippen molar-refractivity contribution in [1.82, 2.24) is 4.98 Å². The number of H-pyrrole nitrogens is 1. The van der Waals surface area contributed by atoms with E-state index in [0.29, 0.717) is 24.9 Å². The summed E-state index contributed by atoms with van der Waals surface area (Å²) in [5.74, 6) is 1.38. The van der Waals surface area contributed by atoms with Crippen molar-refractivity contribution in [2.45, 2.75) is 32.4 Å². The lowest BCUT2D eigenvalue weighted by Gasteiger charge is -2.14. The van der Waals surface area contributed by atoms with Crippen molar-refractivity contribution >= 4 is 5.90 Å². The minimum atomic E-state index is -0.105. The van der Waals surface area contributed by atoms with Crippen molar-refractivity contribution in [3.05, 3.63) is 36.0 Å². The summed E-state index contributed by atoms with van der Waals surface area (Å²) in [4.78, 5) is 7.86. The van der Waals surface area contributed by atoms with Gasteiger partial charge in [-0.3, -0.25) is 0 Å². The van der Waals surface area contributed by atoms with Crippen LogP contribution in [0.25, 0.3) is 11.3 Å². The molecule has 0 saturated heterocycles. The Hall–Kier alpha value is -2.47. The number of methoxy groups -OCH3 is 1. The van der Waals surface area contributed by atoms with E-state index < -0.39 is 0 Å². The molecule has 2 aromatic rings. The van der Waals surface area contributed by atoms with Gasteiger partial charge in [0.05, 0.1) is 12.6 Å². The molecule has 134 valence electrons. The highest BCUT2D eigenvalue weighted by Gasteiger charge is 2.20. The van der Waals surface area contributed by atoms with Crippen molar-refractivity contribution in [1.29, 1.82) is 0 Å².